The molecule has 5 heteroatoms. The number of benzene rings is 2. The lowest BCUT2D eigenvalue weighted by molar-refractivity contribution is 0.342. The van der Waals surface area contributed by atoms with Crippen molar-refractivity contribution in [2.45, 2.75) is 13.3 Å². The predicted octanol–water partition coefficient (Wildman–Crippen LogP) is 4.16. The van der Waals surface area contributed by atoms with Gasteiger partial charge in [0.1, 0.15) is 11.8 Å². The number of nitrogens with zero attached hydrogens (tertiary/aromatic N) is 1. The summed E-state index contributed by atoms with van der Waals surface area (Å²) in [5.74, 6) is -0.223. The summed E-state index contributed by atoms with van der Waals surface area (Å²) in [6.45, 7) is 1.88. The van der Waals surface area contributed by atoms with Crippen molar-refractivity contribution in [2.24, 2.45) is 0 Å². The first kappa shape index (κ1) is 17.0. The Kier molecular flexibility index (Phi) is 5.76. The van der Waals surface area contributed by atoms with Gasteiger partial charge in [0.15, 0.2) is 5.31 Å². The molecule has 2 aromatic rings. The van der Waals surface area contributed by atoms with Crippen LogP contribution in [0.2, 0.25) is 0 Å². The quantitative estimate of drug-likeness (QED) is 0.491. The summed E-state index contributed by atoms with van der Waals surface area (Å²) < 4.78 is 18.8. The van der Waals surface area contributed by atoms with Crippen LogP contribution < -0.4 is 5.30 Å². The summed E-state index contributed by atoms with van der Waals surface area (Å²) in [6.07, 6.45) is 0.133. The van der Waals surface area contributed by atoms with Gasteiger partial charge in [-0.25, -0.2) is 0 Å². The molecular formula is C18H18NO3P. The Morgan fingerprint density at radius 2 is 1.70 bits per heavy atom. The Balaban J connectivity index is 2.49. The molecule has 0 amide bonds. The molecule has 1 unspecified atom stereocenters. The SMILES string of the molecule is CCOP(=O)(C(C#N)=C(O)Cc1ccccc1)c1ccccc1. The minimum Gasteiger partial charge on any atom is -0.510 e. The van der Waals surface area contributed by atoms with E-state index in [0.29, 0.717) is 5.30 Å². The van der Waals surface area contributed by atoms with E-state index in [9.17, 15) is 14.9 Å². The maximum atomic E-state index is 13.3. The van der Waals surface area contributed by atoms with Crippen molar-refractivity contribution in [3.05, 3.63) is 77.3 Å². The summed E-state index contributed by atoms with van der Waals surface area (Å²) >= 11 is 0. The second-order valence-corrected chi connectivity index (χ2v) is 7.20. The first-order chi connectivity index (χ1) is 11.1. The van der Waals surface area contributed by atoms with E-state index >= 15 is 0 Å². The molecular weight excluding hydrogens is 309 g/mol. The smallest absolute Gasteiger partial charge is 0.274 e. The van der Waals surface area contributed by atoms with Crippen molar-refractivity contribution >= 4 is 12.7 Å². The third-order valence-corrected chi connectivity index (χ3v) is 5.84. The Hall–Kier alpha value is -2.34. The van der Waals surface area contributed by atoms with Crippen LogP contribution in [0.25, 0.3) is 0 Å². The molecule has 0 fully saturated rings. The average Bonchev–Trinajstić information content (AvgIpc) is 2.57. The van der Waals surface area contributed by atoms with Crippen molar-refractivity contribution in [1.82, 2.24) is 0 Å². The van der Waals surface area contributed by atoms with Gasteiger partial charge >= 0.3 is 0 Å². The molecule has 0 bridgehead atoms. The van der Waals surface area contributed by atoms with Crippen molar-refractivity contribution in [3.63, 3.8) is 0 Å². The minimum absolute atomic E-state index is 0.133. The van der Waals surface area contributed by atoms with Gasteiger partial charge in [-0.05, 0) is 24.6 Å². The first-order valence-corrected chi connectivity index (χ1v) is 8.91. The van der Waals surface area contributed by atoms with E-state index in [1.165, 1.54) is 0 Å². The maximum absolute atomic E-state index is 13.3. The van der Waals surface area contributed by atoms with Gasteiger partial charge in [-0.3, -0.25) is 4.57 Å². The second kappa shape index (κ2) is 7.78. The molecule has 0 spiro atoms. The molecule has 118 valence electrons. The van der Waals surface area contributed by atoms with Crippen LogP contribution in [0, 0.1) is 11.3 Å². The summed E-state index contributed by atoms with van der Waals surface area (Å²) in [6, 6.07) is 19.6. The zero-order valence-electron chi connectivity index (χ0n) is 12.8. The third-order valence-electron chi connectivity index (χ3n) is 3.30. The summed E-state index contributed by atoms with van der Waals surface area (Å²) in [4.78, 5) is 0. The number of aliphatic hydroxyl groups excluding tert-OH is 1. The Morgan fingerprint density at radius 3 is 2.22 bits per heavy atom. The van der Waals surface area contributed by atoms with Crippen LogP contribution in [0.4, 0.5) is 0 Å². The molecule has 0 aromatic heterocycles. The average molecular weight is 327 g/mol. The fourth-order valence-corrected chi connectivity index (χ4v) is 4.26. The molecule has 2 aromatic carbocycles. The number of hydrogen-bond acceptors (Lipinski definition) is 4. The molecule has 0 saturated heterocycles. The highest BCUT2D eigenvalue weighted by Crippen LogP contribution is 2.54. The molecule has 4 nitrogen and oxygen atoms in total. The lowest BCUT2D eigenvalue weighted by Crippen LogP contribution is -2.11. The van der Waals surface area contributed by atoms with Gasteiger partial charge in [0.2, 0.25) is 0 Å². The summed E-state index contributed by atoms with van der Waals surface area (Å²) in [5, 5.41) is 20.1. The zero-order valence-corrected chi connectivity index (χ0v) is 13.7. The van der Waals surface area contributed by atoms with E-state index in [4.69, 9.17) is 4.52 Å². The van der Waals surface area contributed by atoms with Crippen molar-refractivity contribution in [2.75, 3.05) is 6.61 Å². The van der Waals surface area contributed by atoms with Crippen LogP contribution in [0.3, 0.4) is 0 Å². The van der Waals surface area contributed by atoms with Gasteiger partial charge in [0.25, 0.3) is 7.37 Å². The fraction of sp³-hybridized carbons (Fsp3) is 0.167. The molecule has 0 saturated carbocycles. The van der Waals surface area contributed by atoms with Gasteiger partial charge in [-0.15, -0.1) is 0 Å². The molecule has 0 aliphatic carbocycles. The molecule has 1 atom stereocenters. The zero-order chi connectivity index (χ0) is 16.7. The van der Waals surface area contributed by atoms with Crippen LogP contribution in [0.5, 0.6) is 0 Å². The summed E-state index contributed by atoms with van der Waals surface area (Å²) in [7, 11) is -3.61. The topological polar surface area (TPSA) is 70.3 Å². The lowest BCUT2D eigenvalue weighted by atomic mass is 10.1. The van der Waals surface area contributed by atoms with Crippen LogP contribution in [0.15, 0.2) is 71.7 Å². The van der Waals surface area contributed by atoms with Crippen LogP contribution >= 0.6 is 7.37 Å². The maximum Gasteiger partial charge on any atom is 0.274 e. The number of hydrogen-bond donors (Lipinski definition) is 1. The van der Waals surface area contributed by atoms with Crippen molar-refractivity contribution in [1.29, 1.82) is 5.26 Å². The summed E-state index contributed by atoms with van der Waals surface area (Å²) in [5.41, 5.74) is 0.828. The lowest BCUT2D eigenvalue weighted by Gasteiger charge is -2.18. The van der Waals surface area contributed by atoms with E-state index in [0.717, 1.165) is 5.56 Å². The van der Waals surface area contributed by atoms with Crippen LogP contribution in [-0.4, -0.2) is 11.7 Å². The molecule has 23 heavy (non-hydrogen) atoms. The number of rotatable bonds is 6. The highest BCUT2D eigenvalue weighted by Gasteiger charge is 2.34. The van der Waals surface area contributed by atoms with Gasteiger partial charge < -0.3 is 9.63 Å². The number of allylic oxidation sites excluding steroid dienone is 2. The first-order valence-electron chi connectivity index (χ1n) is 7.28. The number of nitriles is 1. The number of aliphatic hydroxyl groups is 1. The molecule has 2 rings (SSSR count). The van der Waals surface area contributed by atoms with Gasteiger partial charge in [-0.1, -0.05) is 48.5 Å². The molecule has 0 aliphatic heterocycles. The molecule has 0 radical (unpaired) electrons. The van der Waals surface area contributed by atoms with Crippen molar-refractivity contribution in [3.8, 4) is 6.07 Å². The van der Waals surface area contributed by atoms with Gasteiger partial charge in [0, 0.05) is 11.7 Å². The normalized spacial score (nSPS) is 14.4. The van der Waals surface area contributed by atoms with Crippen LogP contribution in [-0.2, 0) is 15.5 Å². The van der Waals surface area contributed by atoms with E-state index in [-0.39, 0.29) is 24.1 Å². The Labute approximate surface area is 136 Å². The highest BCUT2D eigenvalue weighted by molar-refractivity contribution is 7.71. The Bertz CT molecular complexity index is 764. The third kappa shape index (κ3) is 3.90. The molecule has 1 N–H and O–H groups in total. The Morgan fingerprint density at radius 1 is 1.13 bits per heavy atom. The van der Waals surface area contributed by atoms with Gasteiger partial charge in [0.05, 0.1) is 6.61 Å². The minimum atomic E-state index is -3.61. The van der Waals surface area contributed by atoms with E-state index in [2.05, 4.69) is 0 Å². The molecule has 0 heterocycles. The molecule has 0 aliphatic rings. The largest absolute Gasteiger partial charge is 0.510 e. The van der Waals surface area contributed by atoms with Crippen molar-refractivity contribution < 1.29 is 14.2 Å². The van der Waals surface area contributed by atoms with E-state index < -0.39 is 7.37 Å². The monoisotopic (exact) mass is 327 g/mol. The predicted molar refractivity (Wildman–Crippen MR) is 90.7 cm³/mol. The fourth-order valence-electron chi connectivity index (χ4n) is 2.25. The van der Waals surface area contributed by atoms with Gasteiger partial charge in [-0.2, -0.15) is 5.26 Å². The van der Waals surface area contributed by atoms with Crippen LogP contribution in [0.1, 0.15) is 12.5 Å². The standard InChI is InChI=1S/C18H18NO3P/c1-2-22-23(21,16-11-7-4-8-12-16)18(14-19)17(20)13-15-9-5-3-6-10-15/h3-12,20H,2,13H2,1H3. The second-order valence-electron chi connectivity index (χ2n) is 4.87. The highest BCUT2D eigenvalue weighted by atomic mass is 31.2. The van der Waals surface area contributed by atoms with E-state index in [1.807, 2.05) is 36.4 Å². The van der Waals surface area contributed by atoms with E-state index in [1.54, 1.807) is 37.3 Å².